The summed E-state index contributed by atoms with van der Waals surface area (Å²) in [5, 5.41) is 2.79. The summed E-state index contributed by atoms with van der Waals surface area (Å²) in [6, 6.07) is 13.2. The monoisotopic (exact) mass is 255 g/mol. The standard InChI is InChI=1S/C15H17N3O/c1-11-7-8-14(17-10-11)18-15(19)13(9-16)12-5-3-2-4-6-12/h2-8,10,13H,9,16H2,1H3,(H,17,18,19). The van der Waals surface area contributed by atoms with Crippen LogP contribution in [0.3, 0.4) is 0 Å². The first-order valence-corrected chi connectivity index (χ1v) is 6.19. The van der Waals surface area contributed by atoms with Gasteiger partial charge < -0.3 is 11.1 Å². The average molecular weight is 255 g/mol. The van der Waals surface area contributed by atoms with Crippen LogP contribution in [0.5, 0.6) is 0 Å². The van der Waals surface area contributed by atoms with Gasteiger partial charge in [0, 0.05) is 12.7 Å². The molecular weight excluding hydrogens is 238 g/mol. The van der Waals surface area contributed by atoms with Crippen molar-refractivity contribution >= 4 is 11.7 Å². The zero-order valence-electron chi connectivity index (χ0n) is 10.8. The molecule has 2 rings (SSSR count). The highest BCUT2D eigenvalue weighted by atomic mass is 16.1. The lowest BCUT2D eigenvalue weighted by Gasteiger charge is -2.14. The normalized spacial score (nSPS) is 11.9. The number of carbonyl (C=O) groups excluding carboxylic acids is 1. The van der Waals surface area contributed by atoms with Gasteiger partial charge in [-0.25, -0.2) is 4.98 Å². The molecule has 0 spiro atoms. The Balaban J connectivity index is 2.11. The van der Waals surface area contributed by atoms with E-state index < -0.39 is 0 Å². The fourth-order valence-corrected chi connectivity index (χ4v) is 1.83. The predicted molar refractivity (Wildman–Crippen MR) is 75.8 cm³/mol. The maximum absolute atomic E-state index is 12.2. The van der Waals surface area contributed by atoms with Gasteiger partial charge in [-0.2, -0.15) is 0 Å². The van der Waals surface area contributed by atoms with Crippen molar-refractivity contribution < 1.29 is 4.79 Å². The molecule has 2 aromatic rings. The average Bonchev–Trinajstić information content (AvgIpc) is 2.43. The molecule has 0 aliphatic rings. The Bertz CT molecular complexity index is 537. The SMILES string of the molecule is Cc1ccc(NC(=O)C(CN)c2ccccc2)nc1. The van der Waals surface area contributed by atoms with Crippen molar-refractivity contribution in [3.05, 3.63) is 59.8 Å². The summed E-state index contributed by atoms with van der Waals surface area (Å²) >= 11 is 0. The number of rotatable bonds is 4. The Hall–Kier alpha value is -2.20. The summed E-state index contributed by atoms with van der Waals surface area (Å²) < 4.78 is 0. The van der Waals surface area contributed by atoms with Gasteiger partial charge in [0.25, 0.3) is 0 Å². The van der Waals surface area contributed by atoms with E-state index in [2.05, 4.69) is 10.3 Å². The molecule has 1 aromatic carbocycles. The second-order valence-corrected chi connectivity index (χ2v) is 4.41. The highest BCUT2D eigenvalue weighted by Gasteiger charge is 2.18. The molecule has 1 amide bonds. The Morgan fingerprint density at radius 1 is 1.26 bits per heavy atom. The third-order valence-corrected chi connectivity index (χ3v) is 2.92. The molecule has 4 heteroatoms. The maximum Gasteiger partial charge on any atom is 0.234 e. The zero-order chi connectivity index (χ0) is 13.7. The molecule has 0 fully saturated rings. The number of benzene rings is 1. The molecule has 0 radical (unpaired) electrons. The lowest BCUT2D eigenvalue weighted by molar-refractivity contribution is -0.117. The van der Waals surface area contributed by atoms with E-state index >= 15 is 0 Å². The minimum absolute atomic E-state index is 0.134. The summed E-state index contributed by atoms with van der Waals surface area (Å²) in [5.41, 5.74) is 7.67. The van der Waals surface area contributed by atoms with Crippen molar-refractivity contribution in [2.75, 3.05) is 11.9 Å². The number of nitrogens with one attached hydrogen (secondary N) is 1. The Morgan fingerprint density at radius 3 is 2.58 bits per heavy atom. The van der Waals surface area contributed by atoms with Crippen molar-refractivity contribution in [1.82, 2.24) is 4.98 Å². The van der Waals surface area contributed by atoms with E-state index in [1.54, 1.807) is 12.3 Å². The summed E-state index contributed by atoms with van der Waals surface area (Å²) in [4.78, 5) is 16.4. The molecule has 1 unspecified atom stereocenters. The minimum Gasteiger partial charge on any atom is -0.329 e. The molecule has 1 heterocycles. The molecule has 19 heavy (non-hydrogen) atoms. The molecule has 0 bridgehead atoms. The molecule has 0 aliphatic carbocycles. The second kappa shape index (κ2) is 6.11. The number of hydrogen-bond donors (Lipinski definition) is 2. The van der Waals surface area contributed by atoms with Crippen molar-refractivity contribution in [2.24, 2.45) is 5.73 Å². The smallest absolute Gasteiger partial charge is 0.234 e. The molecule has 1 atom stereocenters. The number of aryl methyl sites for hydroxylation is 1. The molecule has 0 saturated heterocycles. The Morgan fingerprint density at radius 2 is 2.00 bits per heavy atom. The molecule has 1 aromatic heterocycles. The number of carbonyl (C=O) groups is 1. The van der Waals surface area contributed by atoms with Gasteiger partial charge in [-0.3, -0.25) is 4.79 Å². The van der Waals surface area contributed by atoms with Crippen LogP contribution in [-0.4, -0.2) is 17.4 Å². The quantitative estimate of drug-likeness (QED) is 0.878. The number of aromatic nitrogens is 1. The first-order valence-electron chi connectivity index (χ1n) is 6.19. The lowest BCUT2D eigenvalue weighted by Crippen LogP contribution is -2.27. The number of anilines is 1. The second-order valence-electron chi connectivity index (χ2n) is 4.41. The van der Waals surface area contributed by atoms with Gasteiger partial charge in [-0.1, -0.05) is 36.4 Å². The molecule has 98 valence electrons. The number of amides is 1. The van der Waals surface area contributed by atoms with E-state index in [1.807, 2.05) is 43.3 Å². The zero-order valence-corrected chi connectivity index (χ0v) is 10.8. The highest BCUT2D eigenvalue weighted by molar-refractivity contribution is 5.95. The molecule has 0 aliphatic heterocycles. The van der Waals surface area contributed by atoms with E-state index in [-0.39, 0.29) is 18.4 Å². The van der Waals surface area contributed by atoms with Gasteiger partial charge in [-0.05, 0) is 24.1 Å². The molecule has 0 saturated carbocycles. The topological polar surface area (TPSA) is 68.0 Å². The van der Waals surface area contributed by atoms with E-state index in [0.717, 1.165) is 11.1 Å². The van der Waals surface area contributed by atoms with Crippen LogP contribution in [0.15, 0.2) is 48.7 Å². The van der Waals surface area contributed by atoms with Gasteiger partial charge in [0.15, 0.2) is 0 Å². The van der Waals surface area contributed by atoms with E-state index in [1.165, 1.54) is 0 Å². The Kier molecular flexibility index (Phi) is 4.26. The van der Waals surface area contributed by atoms with Gasteiger partial charge in [0.2, 0.25) is 5.91 Å². The summed E-state index contributed by atoms with van der Waals surface area (Å²) in [6.45, 7) is 2.22. The van der Waals surface area contributed by atoms with Crippen LogP contribution in [0.4, 0.5) is 5.82 Å². The van der Waals surface area contributed by atoms with Crippen LogP contribution in [0.25, 0.3) is 0 Å². The van der Waals surface area contributed by atoms with E-state index in [4.69, 9.17) is 5.73 Å². The third kappa shape index (κ3) is 3.39. The summed E-state index contributed by atoms with van der Waals surface area (Å²) in [7, 11) is 0. The van der Waals surface area contributed by atoms with Crippen LogP contribution < -0.4 is 11.1 Å². The summed E-state index contributed by atoms with van der Waals surface area (Å²) in [6.07, 6.45) is 1.72. The van der Waals surface area contributed by atoms with Crippen molar-refractivity contribution in [3.63, 3.8) is 0 Å². The Labute approximate surface area is 112 Å². The number of hydrogen-bond acceptors (Lipinski definition) is 3. The molecule has 4 nitrogen and oxygen atoms in total. The van der Waals surface area contributed by atoms with Crippen LogP contribution in [0, 0.1) is 6.92 Å². The summed E-state index contributed by atoms with van der Waals surface area (Å²) in [5.74, 6) is 0.0549. The van der Waals surface area contributed by atoms with Gasteiger partial charge >= 0.3 is 0 Å². The van der Waals surface area contributed by atoms with Crippen LogP contribution in [-0.2, 0) is 4.79 Å². The largest absolute Gasteiger partial charge is 0.329 e. The minimum atomic E-state index is -0.357. The number of nitrogens with two attached hydrogens (primary N) is 1. The third-order valence-electron chi connectivity index (χ3n) is 2.92. The van der Waals surface area contributed by atoms with Crippen LogP contribution >= 0.6 is 0 Å². The number of pyridine rings is 1. The van der Waals surface area contributed by atoms with Crippen molar-refractivity contribution in [3.8, 4) is 0 Å². The molecular formula is C15H17N3O. The van der Waals surface area contributed by atoms with Gasteiger partial charge in [0.05, 0.1) is 5.92 Å². The number of nitrogens with zero attached hydrogens (tertiary/aromatic N) is 1. The molecule has 3 N–H and O–H groups in total. The van der Waals surface area contributed by atoms with E-state index in [0.29, 0.717) is 5.82 Å². The fourth-order valence-electron chi connectivity index (χ4n) is 1.83. The highest BCUT2D eigenvalue weighted by Crippen LogP contribution is 2.16. The van der Waals surface area contributed by atoms with Crippen LogP contribution in [0.1, 0.15) is 17.0 Å². The van der Waals surface area contributed by atoms with E-state index in [9.17, 15) is 4.79 Å². The van der Waals surface area contributed by atoms with Crippen molar-refractivity contribution in [2.45, 2.75) is 12.8 Å². The fraction of sp³-hybridized carbons (Fsp3) is 0.200. The predicted octanol–water partition coefficient (Wildman–Crippen LogP) is 2.07. The first-order chi connectivity index (χ1) is 9.20. The van der Waals surface area contributed by atoms with Gasteiger partial charge in [-0.15, -0.1) is 0 Å². The maximum atomic E-state index is 12.2. The van der Waals surface area contributed by atoms with Crippen LogP contribution in [0.2, 0.25) is 0 Å². The first kappa shape index (κ1) is 13.2. The van der Waals surface area contributed by atoms with Crippen molar-refractivity contribution in [1.29, 1.82) is 0 Å². The lowest BCUT2D eigenvalue weighted by atomic mass is 9.98. The van der Waals surface area contributed by atoms with Gasteiger partial charge in [0.1, 0.15) is 5.82 Å².